The minimum atomic E-state index is -0.734. The van der Waals surface area contributed by atoms with Gasteiger partial charge in [-0.2, -0.15) is 0 Å². The lowest BCUT2D eigenvalue weighted by Crippen LogP contribution is -2.40. The molecule has 0 spiro atoms. The number of aliphatic carboxylic acids is 1. The Morgan fingerprint density at radius 2 is 2.00 bits per heavy atom. The third-order valence-electron chi connectivity index (χ3n) is 3.80. The Labute approximate surface area is 124 Å². The van der Waals surface area contributed by atoms with Gasteiger partial charge in [-0.05, 0) is 50.3 Å². The van der Waals surface area contributed by atoms with Gasteiger partial charge >= 0.3 is 5.97 Å². The second-order valence-corrected chi connectivity index (χ2v) is 5.56. The van der Waals surface area contributed by atoms with Gasteiger partial charge in [0.05, 0.1) is 5.92 Å². The highest BCUT2D eigenvalue weighted by Crippen LogP contribution is 2.24. The van der Waals surface area contributed by atoms with Gasteiger partial charge in [-0.15, -0.1) is 0 Å². The topological polar surface area (TPSA) is 75.6 Å². The highest BCUT2D eigenvalue weighted by molar-refractivity contribution is 5.78. The summed E-state index contributed by atoms with van der Waals surface area (Å²) < 4.78 is 5.44. The summed E-state index contributed by atoms with van der Waals surface area (Å²) in [5.41, 5.74) is 1.08. The molecule has 1 aromatic carbocycles. The molecule has 0 aliphatic heterocycles. The van der Waals surface area contributed by atoms with Crippen LogP contribution in [-0.4, -0.2) is 29.6 Å². The summed E-state index contributed by atoms with van der Waals surface area (Å²) in [6, 6.07) is 7.61. The molecule has 5 nitrogen and oxygen atoms in total. The maximum absolute atomic E-state index is 11.8. The highest BCUT2D eigenvalue weighted by Gasteiger charge is 2.26. The second kappa shape index (κ2) is 7.11. The van der Waals surface area contributed by atoms with Crippen molar-refractivity contribution in [2.75, 3.05) is 6.61 Å². The van der Waals surface area contributed by atoms with Crippen LogP contribution < -0.4 is 10.1 Å². The Morgan fingerprint density at radius 3 is 2.62 bits per heavy atom. The number of carboxylic acids is 1. The molecule has 21 heavy (non-hydrogen) atoms. The van der Waals surface area contributed by atoms with Crippen LogP contribution in [0.15, 0.2) is 24.3 Å². The first-order chi connectivity index (χ1) is 10.0. The first kappa shape index (κ1) is 15.4. The molecule has 1 fully saturated rings. The average Bonchev–Trinajstić information content (AvgIpc) is 2.46. The number of hydrogen-bond acceptors (Lipinski definition) is 3. The normalized spacial score (nSPS) is 21.6. The molecule has 2 rings (SSSR count). The second-order valence-electron chi connectivity index (χ2n) is 5.56. The zero-order valence-corrected chi connectivity index (χ0v) is 12.2. The Bertz CT molecular complexity index is 507. The van der Waals surface area contributed by atoms with E-state index in [1.807, 2.05) is 31.2 Å². The summed E-state index contributed by atoms with van der Waals surface area (Å²) in [4.78, 5) is 22.7. The number of carboxylic acid groups (broad SMARTS) is 1. The van der Waals surface area contributed by atoms with Gasteiger partial charge in [-0.25, -0.2) is 0 Å². The van der Waals surface area contributed by atoms with Crippen LogP contribution in [0, 0.1) is 12.8 Å². The summed E-state index contributed by atoms with van der Waals surface area (Å²) in [5, 5.41) is 11.8. The molecular formula is C16H21NO4. The number of carbonyl (C=O) groups is 2. The van der Waals surface area contributed by atoms with Gasteiger partial charge in [0.15, 0.2) is 6.61 Å². The summed E-state index contributed by atoms with van der Waals surface area (Å²) >= 11 is 0. The van der Waals surface area contributed by atoms with E-state index in [0.717, 1.165) is 5.56 Å². The van der Waals surface area contributed by atoms with Gasteiger partial charge in [0.25, 0.3) is 5.91 Å². The molecular weight excluding hydrogens is 270 g/mol. The SMILES string of the molecule is Cc1cccc(OCC(=O)NC2CCC(C(=O)O)CC2)c1. The molecule has 1 saturated carbocycles. The third-order valence-corrected chi connectivity index (χ3v) is 3.80. The van der Waals surface area contributed by atoms with Crippen molar-refractivity contribution in [2.45, 2.75) is 38.6 Å². The van der Waals surface area contributed by atoms with Crippen molar-refractivity contribution in [3.63, 3.8) is 0 Å². The van der Waals surface area contributed by atoms with Crippen LogP contribution in [0.1, 0.15) is 31.2 Å². The molecule has 1 aliphatic rings. The van der Waals surface area contributed by atoms with Crippen molar-refractivity contribution >= 4 is 11.9 Å². The van der Waals surface area contributed by atoms with Crippen LogP contribution in [0.25, 0.3) is 0 Å². The van der Waals surface area contributed by atoms with Crippen molar-refractivity contribution < 1.29 is 19.4 Å². The zero-order valence-electron chi connectivity index (χ0n) is 12.2. The fraction of sp³-hybridized carbons (Fsp3) is 0.500. The molecule has 0 bridgehead atoms. The molecule has 1 aromatic rings. The van der Waals surface area contributed by atoms with Crippen LogP contribution in [0.4, 0.5) is 0 Å². The first-order valence-corrected chi connectivity index (χ1v) is 7.26. The molecule has 0 aromatic heterocycles. The smallest absolute Gasteiger partial charge is 0.306 e. The molecule has 0 saturated heterocycles. The number of amides is 1. The summed E-state index contributed by atoms with van der Waals surface area (Å²) in [6.07, 6.45) is 2.68. The molecule has 1 aliphatic carbocycles. The molecule has 0 heterocycles. The van der Waals surface area contributed by atoms with E-state index in [2.05, 4.69) is 5.32 Å². The fourth-order valence-corrected chi connectivity index (χ4v) is 2.61. The van der Waals surface area contributed by atoms with E-state index < -0.39 is 5.97 Å². The number of ether oxygens (including phenoxy) is 1. The van der Waals surface area contributed by atoms with Gasteiger partial charge in [0, 0.05) is 6.04 Å². The fourth-order valence-electron chi connectivity index (χ4n) is 2.61. The zero-order chi connectivity index (χ0) is 15.2. The summed E-state index contributed by atoms with van der Waals surface area (Å²) in [7, 11) is 0. The number of rotatable bonds is 5. The number of aryl methyl sites for hydroxylation is 1. The number of benzene rings is 1. The third kappa shape index (κ3) is 4.77. The summed E-state index contributed by atoms with van der Waals surface area (Å²) in [5.74, 6) is -0.473. The van der Waals surface area contributed by atoms with Crippen molar-refractivity contribution in [3.05, 3.63) is 29.8 Å². The molecule has 0 atom stereocenters. The van der Waals surface area contributed by atoms with E-state index in [9.17, 15) is 9.59 Å². The van der Waals surface area contributed by atoms with Gasteiger partial charge < -0.3 is 15.2 Å². The quantitative estimate of drug-likeness (QED) is 0.871. The van der Waals surface area contributed by atoms with E-state index in [1.165, 1.54) is 0 Å². The Hall–Kier alpha value is -2.04. The molecule has 114 valence electrons. The lowest BCUT2D eigenvalue weighted by Gasteiger charge is -2.26. The van der Waals surface area contributed by atoms with E-state index >= 15 is 0 Å². The van der Waals surface area contributed by atoms with Crippen LogP contribution in [0.5, 0.6) is 5.75 Å². The molecule has 0 unspecified atom stereocenters. The Balaban J connectivity index is 1.72. The Kier molecular flexibility index (Phi) is 5.20. The molecule has 2 N–H and O–H groups in total. The van der Waals surface area contributed by atoms with Crippen LogP contribution >= 0.6 is 0 Å². The lowest BCUT2D eigenvalue weighted by molar-refractivity contribution is -0.142. The number of hydrogen-bond donors (Lipinski definition) is 2. The lowest BCUT2D eigenvalue weighted by atomic mass is 9.86. The molecule has 1 amide bonds. The molecule has 5 heteroatoms. The first-order valence-electron chi connectivity index (χ1n) is 7.26. The molecule has 0 radical (unpaired) electrons. The maximum atomic E-state index is 11.8. The van der Waals surface area contributed by atoms with Crippen molar-refractivity contribution in [1.29, 1.82) is 0 Å². The largest absolute Gasteiger partial charge is 0.484 e. The minimum Gasteiger partial charge on any atom is -0.484 e. The van der Waals surface area contributed by atoms with Gasteiger partial charge in [-0.1, -0.05) is 12.1 Å². The van der Waals surface area contributed by atoms with Gasteiger partial charge in [-0.3, -0.25) is 9.59 Å². The van der Waals surface area contributed by atoms with E-state index in [-0.39, 0.29) is 24.5 Å². The average molecular weight is 291 g/mol. The van der Waals surface area contributed by atoms with Crippen LogP contribution in [0.2, 0.25) is 0 Å². The van der Waals surface area contributed by atoms with Crippen LogP contribution in [0.3, 0.4) is 0 Å². The van der Waals surface area contributed by atoms with Gasteiger partial charge in [0.1, 0.15) is 5.75 Å². The van der Waals surface area contributed by atoms with Gasteiger partial charge in [0.2, 0.25) is 0 Å². The van der Waals surface area contributed by atoms with Crippen LogP contribution in [-0.2, 0) is 9.59 Å². The van der Waals surface area contributed by atoms with Crippen molar-refractivity contribution in [1.82, 2.24) is 5.32 Å². The highest BCUT2D eigenvalue weighted by atomic mass is 16.5. The predicted octanol–water partition coefficient (Wildman–Crippen LogP) is 2.13. The maximum Gasteiger partial charge on any atom is 0.306 e. The minimum absolute atomic E-state index is 0.0116. The number of nitrogens with one attached hydrogen (secondary N) is 1. The Morgan fingerprint density at radius 1 is 1.29 bits per heavy atom. The van der Waals surface area contributed by atoms with Crippen molar-refractivity contribution in [3.8, 4) is 5.75 Å². The monoisotopic (exact) mass is 291 g/mol. The van der Waals surface area contributed by atoms with E-state index in [4.69, 9.17) is 9.84 Å². The predicted molar refractivity (Wildman–Crippen MR) is 78.2 cm³/mol. The van der Waals surface area contributed by atoms with E-state index in [1.54, 1.807) is 0 Å². The van der Waals surface area contributed by atoms with E-state index in [0.29, 0.717) is 31.4 Å². The summed E-state index contributed by atoms with van der Waals surface area (Å²) in [6.45, 7) is 1.95. The number of carbonyl (C=O) groups excluding carboxylic acids is 1. The van der Waals surface area contributed by atoms with Crippen molar-refractivity contribution in [2.24, 2.45) is 5.92 Å². The standard InChI is InChI=1S/C16H21NO4/c1-11-3-2-4-14(9-11)21-10-15(18)17-13-7-5-12(6-8-13)16(19)20/h2-4,9,12-13H,5-8,10H2,1H3,(H,17,18)(H,19,20).